The molecular weight excluding hydrogens is 1050 g/mol. The predicted molar refractivity (Wildman–Crippen MR) is 320 cm³/mol. The molecule has 17 heteroatoms. The van der Waals surface area contributed by atoms with E-state index in [2.05, 4.69) is 111 Å². The Bertz CT molecular complexity index is 3180. The molecule has 0 spiro atoms. The summed E-state index contributed by atoms with van der Waals surface area (Å²) in [5, 5.41) is 29.5. The summed E-state index contributed by atoms with van der Waals surface area (Å²) in [7, 11) is 0. The molecule has 0 atom stereocenters. The molecule has 0 amide bonds. The second-order valence-corrected chi connectivity index (χ2v) is 19.8. The van der Waals surface area contributed by atoms with Crippen molar-refractivity contribution < 1.29 is 47.4 Å². The maximum Gasteiger partial charge on any atom is 0.135 e. The molecule has 0 radical (unpaired) electrons. The summed E-state index contributed by atoms with van der Waals surface area (Å²) in [6.07, 6.45) is 5.40. The van der Waals surface area contributed by atoms with Gasteiger partial charge in [-0.3, -0.25) is 9.36 Å². The summed E-state index contributed by atoms with van der Waals surface area (Å²) >= 11 is 0. The van der Waals surface area contributed by atoms with Crippen LogP contribution >= 0.6 is 0 Å². The number of rotatable bonds is 38. The average Bonchev–Trinajstić information content (AvgIpc) is 4.35. The molecule has 10 rings (SSSR count). The van der Waals surface area contributed by atoms with Crippen LogP contribution in [0.1, 0.15) is 35.4 Å². The summed E-state index contributed by atoms with van der Waals surface area (Å²) < 4.78 is 62.5. The Morgan fingerprint density at radius 1 is 0.337 bits per heavy atom. The van der Waals surface area contributed by atoms with Crippen LogP contribution in [0.3, 0.4) is 0 Å². The highest BCUT2D eigenvalue weighted by molar-refractivity contribution is 6.06. The number of aromatic nitrogens is 6. The molecule has 0 aliphatic rings. The van der Waals surface area contributed by atoms with Gasteiger partial charge in [-0.05, 0) is 69.1 Å². The molecule has 0 aliphatic heterocycles. The van der Waals surface area contributed by atoms with E-state index in [4.69, 9.17) is 47.4 Å². The molecule has 1 N–H and O–H groups in total. The standard InChI is InChI=1S/C66H73N7O10/c1-5-15-61-53(11-1)43-54-12-2-6-16-62(54)65(61)82-41-39-76-33-31-74-35-37-78-49-57-47-72(70-68-57)27-9-29-80-59-23-19-51(20-24-59)45-67-46-52-21-25-60(26-22-52)81-30-10-28-73-48-58(69-71-73)50-79-38-36-75-32-34-77-40-42-83-66-63-17-7-3-13-55(63)44-56-14-4-8-18-64(56)66/h1-8,11-26,43-44,47-48,67H,9-10,27-42,45-46,49-50H2. The topological polar surface area (TPSA) is 166 Å². The second-order valence-electron chi connectivity index (χ2n) is 19.8. The minimum atomic E-state index is 0.370. The number of hydrogen-bond acceptors (Lipinski definition) is 15. The maximum absolute atomic E-state index is 6.23. The van der Waals surface area contributed by atoms with E-state index in [0.717, 1.165) is 103 Å². The Morgan fingerprint density at radius 2 is 0.675 bits per heavy atom. The van der Waals surface area contributed by atoms with Crippen molar-refractivity contribution in [1.29, 1.82) is 0 Å². The Balaban J connectivity index is 0.495. The maximum atomic E-state index is 6.23. The average molecular weight is 1120 g/mol. The summed E-state index contributed by atoms with van der Waals surface area (Å²) in [6.45, 7) is 10.4. The number of nitrogens with zero attached hydrogens (tertiary/aromatic N) is 6. The molecule has 10 aromatic rings. The zero-order chi connectivity index (χ0) is 56.4. The van der Waals surface area contributed by atoms with Crippen molar-refractivity contribution in [1.82, 2.24) is 35.3 Å². The van der Waals surface area contributed by atoms with Crippen LogP contribution in [0.25, 0.3) is 43.1 Å². The van der Waals surface area contributed by atoms with Crippen molar-refractivity contribution in [2.45, 2.75) is 52.2 Å². The highest BCUT2D eigenvalue weighted by atomic mass is 16.6. The van der Waals surface area contributed by atoms with Crippen LogP contribution in [-0.2, 0) is 67.8 Å². The van der Waals surface area contributed by atoms with E-state index in [9.17, 15) is 0 Å². The Kier molecular flexibility index (Phi) is 22.4. The predicted octanol–water partition coefficient (Wildman–Crippen LogP) is 11.0. The minimum absolute atomic E-state index is 0.370. The van der Waals surface area contributed by atoms with Crippen LogP contribution in [0.15, 0.2) is 170 Å². The number of hydrogen-bond donors (Lipinski definition) is 1. The monoisotopic (exact) mass is 1120 g/mol. The van der Waals surface area contributed by atoms with Gasteiger partial charge in [-0.1, -0.05) is 132 Å². The van der Waals surface area contributed by atoms with Crippen LogP contribution in [-0.4, -0.2) is 122 Å². The van der Waals surface area contributed by atoms with Gasteiger partial charge < -0.3 is 52.7 Å². The fraction of sp³-hybridized carbons (Fsp3) is 0.333. The van der Waals surface area contributed by atoms with E-state index in [1.54, 1.807) is 0 Å². The Hall–Kier alpha value is -8.00. The quantitative estimate of drug-likeness (QED) is 0.0287. The first-order valence-electron chi connectivity index (χ1n) is 28.6. The zero-order valence-corrected chi connectivity index (χ0v) is 47.0. The van der Waals surface area contributed by atoms with Crippen LogP contribution in [0, 0.1) is 0 Å². The number of ether oxygens (including phenoxy) is 10. The first-order valence-corrected chi connectivity index (χ1v) is 28.6. The fourth-order valence-electron chi connectivity index (χ4n) is 9.51. The molecule has 0 fully saturated rings. The molecule has 0 bridgehead atoms. The highest BCUT2D eigenvalue weighted by Crippen LogP contribution is 2.36. The van der Waals surface area contributed by atoms with E-state index in [0.29, 0.717) is 119 Å². The summed E-state index contributed by atoms with van der Waals surface area (Å²) in [5.74, 6) is 3.46. The summed E-state index contributed by atoms with van der Waals surface area (Å²) in [4.78, 5) is 0. The van der Waals surface area contributed by atoms with E-state index in [1.807, 2.05) is 94.6 Å². The lowest BCUT2D eigenvalue weighted by atomic mass is 10.0. The van der Waals surface area contributed by atoms with Crippen molar-refractivity contribution in [2.75, 3.05) is 92.5 Å². The molecule has 17 nitrogen and oxygen atoms in total. The Labute approximate surface area is 484 Å². The third-order valence-corrected chi connectivity index (χ3v) is 13.7. The van der Waals surface area contributed by atoms with Crippen LogP contribution in [0.4, 0.5) is 0 Å². The minimum Gasteiger partial charge on any atom is -0.494 e. The Morgan fingerprint density at radius 3 is 1.05 bits per heavy atom. The van der Waals surface area contributed by atoms with Gasteiger partial charge in [0, 0.05) is 60.6 Å². The van der Waals surface area contributed by atoms with Gasteiger partial charge in [-0.15, -0.1) is 10.2 Å². The van der Waals surface area contributed by atoms with Gasteiger partial charge in [0.05, 0.1) is 105 Å². The lowest BCUT2D eigenvalue weighted by molar-refractivity contribution is 0.00561. The fourth-order valence-corrected chi connectivity index (χ4v) is 9.51. The van der Waals surface area contributed by atoms with E-state index >= 15 is 0 Å². The van der Waals surface area contributed by atoms with Crippen molar-refractivity contribution in [3.05, 3.63) is 193 Å². The largest absolute Gasteiger partial charge is 0.494 e. The van der Waals surface area contributed by atoms with Crippen LogP contribution in [0.5, 0.6) is 23.0 Å². The second kappa shape index (κ2) is 32.0. The molecule has 0 aliphatic carbocycles. The first-order chi connectivity index (χ1) is 41.2. The third kappa shape index (κ3) is 18.0. The van der Waals surface area contributed by atoms with Gasteiger partial charge in [-0.2, -0.15) is 0 Å². The van der Waals surface area contributed by atoms with Gasteiger partial charge >= 0.3 is 0 Å². The van der Waals surface area contributed by atoms with Gasteiger partial charge in [0.2, 0.25) is 0 Å². The summed E-state index contributed by atoms with van der Waals surface area (Å²) in [5.41, 5.74) is 3.91. The molecule has 0 saturated carbocycles. The van der Waals surface area contributed by atoms with Crippen molar-refractivity contribution >= 4 is 43.1 Å². The lowest BCUT2D eigenvalue weighted by Gasteiger charge is -2.13. The normalized spacial score (nSPS) is 11.6. The molecular formula is C66H73N7O10. The van der Waals surface area contributed by atoms with Crippen molar-refractivity contribution in [3.63, 3.8) is 0 Å². The third-order valence-electron chi connectivity index (χ3n) is 13.7. The van der Waals surface area contributed by atoms with E-state index in [1.165, 1.54) is 11.1 Å². The molecule has 432 valence electrons. The van der Waals surface area contributed by atoms with Gasteiger partial charge in [-0.25, -0.2) is 0 Å². The number of benzene rings is 8. The van der Waals surface area contributed by atoms with Gasteiger partial charge in [0.15, 0.2) is 0 Å². The van der Waals surface area contributed by atoms with Gasteiger partial charge in [0.25, 0.3) is 0 Å². The van der Waals surface area contributed by atoms with E-state index in [-0.39, 0.29) is 0 Å². The highest BCUT2D eigenvalue weighted by Gasteiger charge is 2.11. The zero-order valence-electron chi connectivity index (χ0n) is 47.0. The van der Waals surface area contributed by atoms with Gasteiger partial charge in [0.1, 0.15) is 47.6 Å². The molecule has 2 aromatic heterocycles. The number of nitrogens with one attached hydrogen (secondary N) is 1. The van der Waals surface area contributed by atoms with Crippen molar-refractivity contribution in [3.8, 4) is 23.0 Å². The summed E-state index contributed by atoms with van der Waals surface area (Å²) in [6, 6.07) is 54.0. The smallest absolute Gasteiger partial charge is 0.135 e. The molecule has 2 heterocycles. The molecule has 0 unspecified atom stereocenters. The first kappa shape index (κ1) is 58.2. The molecule has 0 saturated heterocycles. The van der Waals surface area contributed by atoms with Crippen molar-refractivity contribution in [2.24, 2.45) is 0 Å². The number of fused-ring (bicyclic) bond motifs is 4. The number of aryl methyl sites for hydroxylation is 2. The van der Waals surface area contributed by atoms with Crippen LogP contribution in [0.2, 0.25) is 0 Å². The van der Waals surface area contributed by atoms with Crippen LogP contribution < -0.4 is 24.3 Å². The molecule has 8 aromatic carbocycles. The lowest BCUT2D eigenvalue weighted by Crippen LogP contribution is -2.13. The SMILES string of the molecule is c1ccc2c(OCCOCCOCCOCc3cn(CCCOc4ccc(CNCc5ccc(OCCCn6cc(COCCOCCOCCOc7c8ccccc8cc8ccccc78)nn6)cc5)cc4)nn3)c3ccccc3cc2c1. The molecule has 83 heavy (non-hydrogen) atoms. The van der Waals surface area contributed by atoms with E-state index < -0.39 is 0 Å².